The zero-order chi connectivity index (χ0) is 29.7. The van der Waals surface area contributed by atoms with Crippen molar-refractivity contribution in [1.29, 1.82) is 0 Å². The third-order valence-corrected chi connectivity index (χ3v) is 10.9. The first-order valence-corrected chi connectivity index (χ1v) is 16.9. The van der Waals surface area contributed by atoms with E-state index in [9.17, 15) is 0 Å². The Labute approximate surface area is 263 Å². The van der Waals surface area contributed by atoms with Gasteiger partial charge in [0.1, 0.15) is 0 Å². The maximum Gasteiger partial charge on any atom is 0.0465 e. The second-order valence-corrected chi connectivity index (χ2v) is 13.9. The van der Waals surface area contributed by atoms with Gasteiger partial charge in [-0.2, -0.15) is 0 Å². The Hall–Kier alpha value is -4.10. The van der Waals surface area contributed by atoms with Crippen molar-refractivity contribution in [2.75, 3.05) is 4.90 Å². The van der Waals surface area contributed by atoms with Gasteiger partial charge in [0.25, 0.3) is 0 Å². The van der Waals surface area contributed by atoms with Gasteiger partial charge < -0.3 is 4.90 Å². The molecule has 0 atom stereocenters. The molecule has 0 saturated heterocycles. The van der Waals surface area contributed by atoms with Crippen LogP contribution in [0, 0.1) is 0 Å². The molecule has 5 aromatic rings. The van der Waals surface area contributed by atoms with Crippen LogP contribution in [0.15, 0.2) is 109 Å². The highest BCUT2D eigenvalue weighted by atomic mass is 15.1. The highest BCUT2D eigenvalue weighted by molar-refractivity contribution is 5.86. The van der Waals surface area contributed by atoms with E-state index in [4.69, 9.17) is 0 Å². The summed E-state index contributed by atoms with van der Waals surface area (Å²) < 4.78 is 0. The summed E-state index contributed by atoms with van der Waals surface area (Å²) in [5.41, 5.74) is 16.5. The molecule has 0 bridgehead atoms. The van der Waals surface area contributed by atoms with Gasteiger partial charge in [-0.3, -0.25) is 0 Å². The minimum absolute atomic E-state index is 0.0330. The molecule has 220 valence electrons. The summed E-state index contributed by atoms with van der Waals surface area (Å²) in [7, 11) is 0. The van der Waals surface area contributed by atoms with Crippen molar-refractivity contribution in [3.8, 4) is 22.3 Å². The molecule has 44 heavy (non-hydrogen) atoms. The van der Waals surface area contributed by atoms with Crippen molar-refractivity contribution in [1.82, 2.24) is 0 Å². The van der Waals surface area contributed by atoms with E-state index in [0.29, 0.717) is 5.92 Å². The second kappa shape index (κ2) is 11.1. The number of fused-ring (bicyclic) bond motifs is 4. The minimum atomic E-state index is -0.0330. The van der Waals surface area contributed by atoms with E-state index < -0.39 is 0 Å². The zero-order valence-electron chi connectivity index (χ0n) is 26.3. The molecule has 1 saturated carbocycles. The predicted molar refractivity (Wildman–Crippen MR) is 187 cm³/mol. The lowest BCUT2D eigenvalue weighted by molar-refractivity contribution is 0.443. The lowest BCUT2D eigenvalue weighted by Gasteiger charge is -2.29. The van der Waals surface area contributed by atoms with Gasteiger partial charge in [-0.1, -0.05) is 106 Å². The molecule has 1 fully saturated rings. The number of anilines is 3. The number of aryl methyl sites for hydroxylation is 1. The van der Waals surface area contributed by atoms with E-state index in [1.807, 2.05) is 0 Å². The SMILES string of the molecule is CC1(C)c2ccccc2-c2ccc(N(c3ccc(-c4cccc5c4CCCC5)cc3)c3ccc(C4CCCCC4)cc3)cc21. The number of hydrogen-bond donors (Lipinski definition) is 0. The van der Waals surface area contributed by atoms with E-state index in [1.54, 1.807) is 11.1 Å². The molecule has 1 heteroatoms. The third-order valence-electron chi connectivity index (χ3n) is 10.9. The third kappa shape index (κ3) is 4.69. The fourth-order valence-electron chi connectivity index (χ4n) is 8.45. The van der Waals surface area contributed by atoms with Gasteiger partial charge in [-0.15, -0.1) is 0 Å². The Morgan fingerprint density at radius 3 is 2.00 bits per heavy atom. The summed E-state index contributed by atoms with van der Waals surface area (Å²) in [5.74, 6) is 0.710. The van der Waals surface area contributed by atoms with E-state index >= 15 is 0 Å². The lowest BCUT2D eigenvalue weighted by atomic mass is 9.82. The molecule has 0 aromatic heterocycles. The van der Waals surface area contributed by atoms with Crippen molar-refractivity contribution in [2.45, 2.75) is 83.0 Å². The van der Waals surface area contributed by atoms with Crippen LogP contribution in [-0.4, -0.2) is 0 Å². The summed E-state index contributed by atoms with van der Waals surface area (Å²) in [5, 5.41) is 0. The average Bonchev–Trinajstić information content (AvgIpc) is 3.31. The van der Waals surface area contributed by atoms with Gasteiger partial charge in [0.2, 0.25) is 0 Å². The fourth-order valence-corrected chi connectivity index (χ4v) is 8.45. The Bertz CT molecular complexity index is 1800. The Morgan fingerprint density at radius 1 is 0.545 bits per heavy atom. The topological polar surface area (TPSA) is 3.24 Å². The van der Waals surface area contributed by atoms with Gasteiger partial charge in [0, 0.05) is 22.5 Å². The van der Waals surface area contributed by atoms with Crippen LogP contribution in [0.4, 0.5) is 17.1 Å². The quantitative estimate of drug-likeness (QED) is 0.202. The average molecular weight is 574 g/mol. The maximum absolute atomic E-state index is 2.47. The van der Waals surface area contributed by atoms with Gasteiger partial charge in [0.15, 0.2) is 0 Å². The van der Waals surface area contributed by atoms with Crippen LogP contribution in [0.3, 0.4) is 0 Å². The lowest BCUT2D eigenvalue weighted by Crippen LogP contribution is -2.16. The second-order valence-electron chi connectivity index (χ2n) is 13.9. The van der Waals surface area contributed by atoms with Crippen LogP contribution in [-0.2, 0) is 18.3 Å². The Morgan fingerprint density at radius 2 is 1.20 bits per heavy atom. The highest BCUT2D eigenvalue weighted by Gasteiger charge is 2.35. The first-order valence-electron chi connectivity index (χ1n) is 16.9. The van der Waals surface area contributed by atoms with E-state index in [2.05, 4.69) is 128 Å². The molecule has 5 aromatic carbocycles. The van der Waals surface area contributed by atoms with Gasteiger partial charge in [-0.25, -0.2) is 0 Å². The summed E-state index contributed by atoms with van der Waals surface area (Å²) in [4.78, 5) is 2.47. The predicted octanol–water partition coefficient (Wildman–Crippen LogP) is 12.1. The van der Waals surface area contributed by atoms with Crippen LogP contribution in [0.5, 0.6) is 0 Å². The van der Waals surface area contributed by atoms with Crippen molar-refractivity contribution in [3.05, 3.63) is 137 Å². The molecular weight excluding hydrogens is 530 g/mol. The number of nitrogens with zero attached hydrogens (tertiary/aromatic N) is 1. The van der Waals surface area contributed by atoms with Crippen LogP contribution in [0.1, 0.15) is 92.5 Å². The fraction of sp³-hybridized carbons (Fsp3) is 0.302. The molecule has 3 aliphatic carbocycles. The molecule has 0 spiro atoms. The number of hydrogen-bond acceptors (Lipinski definition) is 1. The van der Waals surface area contributed by atoms with Crippen LogP contribution >= 0.6 is 0 Å². The smallest absolute Gasteiger partial charge is 0.0465 e. The first kappa shape index (κ1) is 27.4. The number of benzene rings is 5. The van der Waals surface area contributed by atoms with Crippen LogP contribution in [0.25, 0.3) is 22.3 Å². The van der Waals surface area contributed by atoms with Crippen molar-refractivity contribution >= 4 is 17.1 Å². The van der Waals surface area contributed by atoms with Crippen LogP contribution in [0.2, 0.25) is 0 Å². The summed E-state index contributed by atoms with van der Waals surface area (Å²) in [6.45, 7) is 4.75. The molecule has 0 radical (unpaired) electrons. The molecular formula is C43H43N. The first-order chi connectivity index (χ1) is 21.6. The van der Waals surface area contributed by atoms with E-state index in [1.165, 1.54) is 114 Å². The highest BCUT2D eigenvalue weighted by Crippen LogP contribution is 2.50. The van der Waals surface area contributed by atoms with Crippen molar-refractivity contribution < 1.29 is 0 Å². The molecule has 1 nitrogen and oxygen atoms in total. The molecule has 8 rings (SSSR count). The van der Waals surface area contributed by atoms with E-state index in [-0.39, 0.29) is 5.41 Å². The largest absolute Gasteiger partial charge is 0.310 e. The zero-order valence-corrected chi connectivity index (χ0v) is 26.3. The summed E-state index contributed by atoms with van der Waals surface area (Å²) >= 11 is 0. The molecule has 3 aliphatic rings. The van der Waals surface area contributed by atoms with Crippen molar-refractivity contribution in [3.63, 3.8) is 0 Å². The summed E-state index contributed by atoms with van der Waals surface area (Å²) in [6, 6.07) is 41.8. The monoisotopic (exact) mass is 573 g/mol. The van der Waals surface area contributed by atoms with Crippen LogP contribution < -0.4 is 4.90 Å². The van der Waals surface area contributed by atoms with E-state index in [0.717, 1.165) is 0 Å². The molecule has 0 amide bonds. The van der Waals surface area contributed by atoms with Gasteiger partial charge in [0.05, 0.1) is 0 Å². The minimum Gasteiger partial charge on any atom is -0.310 e. The van der Waals surface area contributed by atoms with Gasteiger partial charge in [-0.05, 0) is 131 Å². The molecule has 0 N–H and O–H groups in total. The molecule has 0 heterocycles. The molecule has 0 aliphatic heterocycles. The Balaban J connectivity index is 1.21. The molecule has 0 unspecified atom stereocenters. The normalized spacial score (nSPS) is 17.0. The van der Waals surface area contributed by atoms with Gasteiger partial charge >= 0.3 is 0 Å². The maximum atomic E-state index is 2.47. The standard InChI is InChI=1S/C43H43N/c1-43(2)41-18-9-8-16-39(41)40-28-27-36(29-42(40)43)44(34-23-19-31(20-24-34)30-11-4-3-5-12-30)35-25-21-33(22-26-35)38-17-10-14-32-13-6-7-15-37(32)38/h8-10,14,16-30H,3-7,11-13,15H2,1-2H3. The Kier molecular flexibility index (Phi) is 6.93. The van der Waals surface area contributed by atoms with Crippen molar-refractivity contribution in [2.24, 2.45) is 0 Å². The summed E-state index contributed by atoms with van der Waals surface area (Å²) in [6.07, 6.45) is 11.8. The number of rotatable bonds is 5.